The quantitative estimate of drug-likeness (QED) is 0.705. The molecule has 0 radical (unpaired) electrons. The molecule has 1 aromatic rings. The first-order valence-electron chi connectivity index (χ1n) is 9.46. The van der Waals surface area contributed by atoms with Crippen LogP contribution in [-0.4, -0.2) is 28.8 Å². The van der Waals surface area contributed by atoms with Crippen molar-refractivity contribution in [1.29, 1.82) is 0 Å². The standard InChI is InChI=1S/C20H28Cl2N2O2/c1-3-7-19(25)24(13-15-10-11-17(21)18(22)12-15)14(2)20(26)23-16-8-5-4-6-9-16/h10-12,14,16H,3-9,13H2,1-2H3,(H,23,26). The second kappa shape index (κ2) is 10.2. The fourth-order valence-electron chi connectivity index (χ4n) is 3.34. The summed E-state index contributed by atoms with van der Waals surface area (Å²) in [4.78, 5) is 27.0. The SMILES string of the molecule is CCCC(=O)N(Cc1ccc(Cl)c(Cl)c1)C(C)C(=O)NC1CCCCC1. The zero-order valence-electron chi connectivity index (χ0n) is 15.6. The molecule has 6 heteroatoms. The van der Waals surface area contributed by atoms with Gasteiger partial charge in [0.25, 0.3) is 0 Å². The Hall–Kier alpha value is -1.26. The number of hydrogen-bond donors (Lipinski definition) is 1. The Kier molecular flexibility index (Phi) is 8.23. The summed E-state index contributed by atoms with van der Waals surface area (Å²) < 4.78 is 0. The van der Waals surface area contributed by atoms with Gasteiger partial charge in [-0.25, -0.2) is 0 Å². The summed E-state index contributed by atoms with van der Waals surface area (Å²) in [6, 6.07) is 5.01. The highest BCUT2D eigenvalue weighted by molar-refractivity contribution is 6.42. The molecule has 0 saturated heterocycles. The largest absolute Gasteiger partial charge is 0.352 e. The van der Waals surface area contributed by atoms with Gasteiger partial charge in [0, 0.05) is 19.0 Å². The number of benzene rings is 1. The first-order chi connectivity index (χ1) is 12.4. The van der Waals surface area contributed by atoms with E-state index in [1.807, 2.05) is 13.0 Å². The van der Waals surface area contributed by atoms with Crippen LogP contribution in [0.4, 0.5) is 0 Å². The maximum Gasteiger partial charge on any atom is 0.242 e. The number of rotatable bonds is 7. The second-order valence-electron chi connectivity index (χ2n) is 7.04. The molecule has 1 atom stereocenters. The molecule has 4 nitrogen and oxygen atoms in total. The Morgan fingerprint density at radius 2 is 1.88 bits per heavy atom. The van der Waals surface area contributed by atoms with E-state index >= 15 is 0 Å². The molecule has 0 heterocycles. The Morgan fingerprint density at radius 1 is 1.19 bits per heavy atom. The highest BCUT2D eigenvalue weighted by atomic mass is 35.5. The van der Waals surface area contributed by atoms with E-state index in [0.717, 1.165) is 37.7 Å². The van der Waals surface area contributed by atoms with Gasteiger partial charge in [0.1, 0.15) is 6.04 Å². The number of nitrogens with zero attached hydrogens (tertiary/aromatic N) is 1. The third-order valence-electron chi connectivity index (χ3n) is 4.92. The summed E-state index contributed by atoms with van der Waals surface area (Å²) in [5.41, 5.74) is 0.862. The molecule has 1 unspecified atom stereocenters. The van der Waals surface area contributed by atoms with Crippen LogP contribution in [-0.2, 0) is 16.1 Å². The summed E-state index contributed by atoms with van der Waals surface area (Å²) in [5.74, 6) is -0.105. The van der Waals surface area contributed by atoms with Crippen molar-refractivity contribution in [2.75, 3.05) is 0 Å². The van der Waals surface area contributed by atoms with E-state index < -0.39 is 6.04 Å². The molecule has 1 aliphatic rings. The van der Waals surface area contributed by atoms with Gasteiger partial charge in [-0.15, -0.1) is 0 Å². The average molecular weight is 399 g/mol. The Bertz CT molecular complexity index is 630. The van der Waals surface area contributed by atoms with Gasteiger partial charge in [0.15, 0.2) is 0 Å². The summed E-state index contributed by atoms with van der Waals surface area (Å²) in [6.45, 7) is 4.10. The van der Waals surface area contributed by atoms with Gasteiger partial charge in [-0.2, -0.15) is 0 Å². The predicted octanol–water partition coefficient (Wildman–Crippen LogP) is 4.96. The fourth-order valence-corrected chi connectivity index (χ4v) is 3.66. The van der Waals surface area contributed by atoms with Crippen LogP contribution < -0.4 is 5.32 Å². The molecule has 144 valence electrons. The molecule has 1 saturated carbocycles. The molecule has 1 N–H and O–H groups in total. The summed E-state index contributed by atoms with van der Waals surface area (Å²) in [6.07, 6.45) is 6.75. The molecule has 1 aromatic carbocycles. The van der Waals surface area contributed by atoms with E-state index in [1.54, 1.807) is 24.0 Å². The van der Waals surface area contributed by atoms with Crippen molar-refractivity contribution in [3.63, 3.8) is 0 Å². The summed E-state index contributed by atoms with van der Waals surface area (Å²) >= 11 is 12.1. The highest BCUT2D eigenvalue weighted by Gasteiger charge is 2.27. The number of hydrogen-bond acceptors (Lipinski definition) is 2. The van der Waals surface area contributed by atoms with Gasteiger partial charge < -0.3 is 10.2 Å². The molecular formula is C20H28Cl2N2O2. The number of carbonyl (C=O) groups excluding carboxylic acids is 2. The van der Waals surface area contributed by atoms with E-state index in [1.165, 1.54) is 6.42 Å². The first kappa shape index (κ1) is 21.0. The van der Waals surface area contributed by atoms with Crippen molar-refractivity contribution in [2.24, 2.45) is 0 Å². The van der Waals surface area contributed by atoms with Gasteiger partial charge in [0.2, 0.25) is 11.8 Å². The minimum absolute atomic E-state index is 0.0233. The lowest BCUT2D eigenvalue weighted by Gasteiger charge is -2.31. The molecule has 0 spiro atoms. The van der Waals surface area contributed by atoms with Gasteiger partial charge in [-0.05, 0) is 43.9 Å². The van der Waals surface area contributed by atoms with Crippen LogP contribution in [0.3, 0.4) is 0 Å². The third kappa shape index (κ3) is 5.88. The second-order valence-corrected chi connectivity index (χ2v) is 7.85. The van der Waals surface area contributed by atoms with Crippen molar-refractivity contribution in [3.05, 3.63) is 33.8 Å². The van der Waals surface area contributed by atoms with Crippen LogP contribution in [0.15, 0.2) is 18.2 Å². The predicted molar refractivity (Wildman–Crippen MR) is 106 cm³/mol. The lowest BCUT2D eigenvalue weighted by molar-refractivity contribution is -0.141. The van der Waals surface area contributed by atoms with Crippen LogP contribution in [0, 0.1) is 0 Å². The van der Waals surface area contributed by atoms with Gasteiger partial charge >= 0.3 is 0 Å². The van der Waals surface area contributed by atoms with E-state index in [-0.39, 0.29) is 17.9 Å². The van der Waals surface area contributed by atoms with Crippen LogP contribution >= 0.6 is 23.2 Å². The third-order valence-corrected chi connectivity index (χ3v) is 5.66. The molecule has 26 heavy (non-hydrogen) atoms. The zero-order valence-corrected chi connectivity index (χ0v) is 17.1. The van der Waals surface area contributed by atoms with Gasteiger partial charge in [-0.3, -0.25) is 9.59 Å². The minimum atomic E-state index is -0.523. The molecule has 2 amide bonds. The monoisotopic (exact) mass is 398 g/mol. The van der Waals surface area contributed by atoms with Crippen molar-refractivity contribution in [1.82, 2.24) is 10.2 Å². The Labute approximate surface area is 166 Å². The maximum absolute atomic E-state index is 12.7. The molecular weight excluding hydrogens is 371 g/mol. The van der Waals surface area contributed by atoms with Gasteiger partial charge in [0.05, 0.1) is 10.0 Å². The van der Waals surface area contributed by atoms with Crippen LogP contribution in [0.1, 0.15) is 64.4 Å². The molecule has 2 rings (SSSR count). The van der Waals surface area contributed by atoms with E-state index in [0.29, 0.717) is 23.0 Å². The fraction of sp³-hybridized carbons (Fsp3) is 0.600. The Morgan fingerprint density at radius 3 is 2.50 bits per heavy atom. The van der Waals surface area contributed by atoms with E-state index in [2.05, 4.69) is 5.32 Å². The number of halogens is 2. The number of amides is 2. The molecule has 1 fully saturated rings. The lowest BCUT2D eigenvalue weighted by Crippen LogP contribution is -2.50. The van der Waals surface area contributed by atoms with E-state index in [9.17, 15) is 9.59 Å². The topological polar surface area (TPSA) is 49.4 Å². The average Bonchev–Trinajstić information content (AvgIpc) is 2.63. The molecule has 0 aromatic heterocycles. The van der Waals surface area contributed by atoms with Crippen molar-refractivity contribution >= 4 is 35.0 Å². The normalized spacial score (nSPS) is 16.2. The summed E-state index contributed by atoms with van der Waals surface area (Å²) in [7, 11) is 0. The van der Waals surface area contributed by atoms with Gasteiger partial charge in [-0.1, -0.05) is 55.5 Å². The number of nitrogens with one attached hydrogen (secondary N) is 1. The van der Waals surface area contributed by atoms with Crippen molar-refractivity contribution in [3.8, 4) is 0 Å². The molecule has 0 aliphatic heterocycles. The molecule has 0 bridgehead atoms. The highest BCUT2D eigenvalue weighted by Crippen LogP contribution is 2.24. The van der Waals surface area contributed by atoms with Crippen LogP contribution in [0.2, 0.25) is 10.0 Å². The van der Waals surface area contributed by atoms with Crippen molar-refractivity contribution < 1.29 is 9.59 Å². The summed E-state index contributed by atoms with van der Waals surface area (Å²) in [5, 5.41) is 4.05. The lowest BCUT2D eigenvalue weighted by atomic mass is 9.95. The zero-order chi connectivity index (χ0) is 19.1. The first-order valence-corrected chi connectivity index (χ1v) is 10.2. The smallest absolute Gasteiger partial charge is 0.242 e. The van der Waals surface area contributed by atoms with E-state index in [4.69, 9.17) is 23.2 Å². The maximum atomic E-state index is 12.7. The van der Waals surface area contributed by atoms with Crippen LogP contribution in [0.25, 0.3) is 0 Å². The van der Waals surface area contributed by atoms with Crippen LogP contribution in [0.5, 0.6) is 0 Å². The Balaban J connectivity index is 2.10. The number of carbonyl (C=O) groups is 2. The van der Waals surface area contributed by atoms with Crippen molar-refractivity contribution in [2.45, 2.75) is 77.4 Å². The molecule has 1 aliphatic carbocycles. The minimum Gasteiger partial charge on any atom is -0.352 e.